The molecule has 1 aromatic carbocycles. The average Bonchev–Trinajstić information content (AvgIpc) is 2.62. The van der Waals surface area contributed by atoms with Crippen molar-refractivity contribution in [1.82, 2.24) is 5.32 Å². The maximum atomic E-state index is 14.6. The summed E-state index contributed by atoms with van der Waals surface area (Å²) in [6.45, 7) is 5.56. The first-order chi connectivity index (χ1) is 12.5. The van der Waals surface area contributed by atoms with Crippen molar-refractivity contribution in [1.29, 1.82) is 0 Å². The molecule has 0 spiro atoms. The monoisotopic (exact) mass is 376 g/mol. The molecule has 2 aliphatic rings. The van der Waals surface area contributed by atoms with Gasteiger partial charge in [0.25, 0.3) is 0 Å². The predicted molar refractivity (Wildman–Crippen MR) is 109 cm³/mol. The van der Waals surface area contributed by atoms with E-state index in [1.807, 2.05) is 13.1 Å². The number of hydrogen-bond acceptors (Lipinski definition) is 2. The normalized spacial score (nSPS) is 28.5. The van der Waals surface area contributed by atoms with E-state index in [2.05, 4.69) is 48.8 Å². The zero-order valence-corrected chi connectivity index (χ0v) is 16.7. The Morgan fingerprint density at radius 3 is 2.85 bits per heavy atom. The lowest BCUT2D eigenvalue weighted by Crippen LogP contribution is -2.42. The van der Waals surface area contributed by atoms with Crippen LogP contribution in [0.15, 0.2) is 36.4 Å². The van der Waals surface area contributed by atoms with E-state index in [0.29, 0.717) is 28.5 Å². The number of allylic oxidation sites excluding steroid dienone is 3. The Morgan fingerprint density at radius 2 is 2.15 bits per heavy atom. The summed E-state index contributed by atoms with van der Waals surface area (Å²) in [6.07, 6.45) is 12.0. The van der Waals surface area contributed by atoms with Gasteiger partial charge in [0.05, 0.1) is 5.69 Å². The number of halogens is 2. The van der Waals surface area contributed by atoms with Gasteiger partial charge in [-0.05, 0) is 68.3 Å². The van der Waals surface area contributed by atoms with Crippen LogP contribution in [0.25, 0.3) is 0 Å². The first-order valence-electron chi connectivity index (χ1n) is 9.74. The third-order valence-corrected chi connectivity index (χ3v) is 6.23. The third kappa shape index (κ3) is 4.15. The predicted octanol–water partition coefficient (Wildman–Crippen LogP) is 5.76. The molecule has 0 bridgehead atoms. The van der Waals surface area contributed by atoms with E-state index in [1.165, 1.54) is 12.5 Å². The van der Waals surface area contributed by atoms with Crippen LogP contribution in [0.3, 0.4) is 0 Å². The number of benzene rings is 1. The Labute approximate surface area is 161 Å². The molecule has 0 radical (unpaired) electrons. The molecule has 0 saturated heterocycles. The topological polar surface area (TPSA) is 24.1 Å². The highest BCUT2D eigenvalue weighted by molar-refractivity contribution is 6.30. The van der Waals surface area contributed by atoms with E-state index in [0.717, 1.165) is 24.9 Å². The molecule has 1 aliphatic heterocycles. The lowest BCUT2D eigenvalue weighted by Gasteiger charge is -2.43. The van der Waals surface area contributed by atoms with Gasteiger partial charge in [-0.3, -0.25) is 0 Å². The highest BCUT2D eigenvalue weighted by Gasteiger charge is 2.38. The molecule has 5 atom stereocenters. The fraction of sp³-hybridized carbons (Fsp3) is 0.545. The molecule has 4 heteroatoms. The van der Waals surface area contributed by atoms with Crippen molar-refractivity contribution in [3.63, 3.8) is 0 Å². The Morgan fingerprint density at radius 1 is 1.35 bits per heavy atom. The van der Waals surface area contributed by atoms with Crippen molar-refractivity contribution in [2.75, 3.05) is 18.9 Å². The number of nitrogens with one attached hydrogen (secondary N) is 2. The van der Waals surface area contributed by atoms with Crippen LogP contribution in [0.4, 0.5) is 10.1 Å². The molecule has 2 unspecified atom stereocenters. The molecule has 3 rings (SSSR count). The summed E-state index contributed by atoms with van der Waals surface area (Å²) >= 11 is 6.15. The van der Waals surface area contributed by atoms with E-state index >= 15 is 0 Å². The minimum atomic E-state index is -0.235. The van der Waals surface area contributed by atoms with Crippen LogP contribution >= 0.6 is 11.6 Å². The molecule has 2 nitrogen and oxygen atoms in total. The zero-order valence-electron chi connectivity index (χ0n) is 15.9. The van der Waals surface area contributed by atoms with Crippen LogP contribution in [0.5, 0.6) is 0 Å². The fourth-order valence-electron chi connectivity index (χ4n) is 4.57. The number of anilines is 1. The molecule has 0 saturated carbocycles. The van der Waals surface area contributed by atoms with Crippen LogP contribution in [0.1, 0.15) is 44.6 Å². The minimum Gasteiger partial charge on any atom is -0.379 e. The van der Waals surface area contributed by atoms with Crippen molar-refractivity contribution in [2.45, 2.75) is 45.1 Å². The van der Waals surface area contributed by atoms with Gasteiger partial charge in [-0.25, -0.2) is 4.39 Å². The lowest BCUT2D eigenvalue weighted by atomic mass is 9.70. The average molecular weight is 377 g/mol. The van der Waals surface area contributed by atoms with Gasteiger partial charge < -0.3 is 10.6 Å². The molecule has 0 fully saturated rings. The first kappa shape index (κ1) is 19.4. The molecule has 0 amide bonds. The SMILES string of the molecule is CNC[C@H](C)CC[C@@H]1C(C)c2cc(Cl)cc(F)c2N[C@H]1C1C=CC=CC1. The van der Waals surface area contributed by atoms with Gasteiger partial charge in [0.2, 0.25) is 0 Å². The maximum Gasteiger partial charge on any atom is 0.148 e. The van der Waals surface area contributed by atoms with E-state index in [4.69, 9.17) is 11.6 Å². The molecule has 26 heavy (non-hydrogen) atoms. The second-order valence-electron chi connectivity index (χ2n) is 7.93. The second kappa shape index (κ2) is 8.58. The van der Waals surface area contributed by atoms with Gasteiger partial charge >= 0.3 is 0 Å². The quantitative estimate of drug-likeness (QED) is 0.659. The Bertz CT molecular complexity index is 685. The summed E-state index contributed by atoms with van der Waals surface area (Å²) in [4.78, 5) is 0. The smallest absolute Gasteiger partial charge is 0.148 e. The molecule has 2 N–H and O–H groups in total. The fourth-order valence-corrected chi connectivity index (χ4v) is 4.78. The van der Waals surface area contributed by atoms with Crippen molar-refractivity contribution >= 4 is 17.3 Å². The van der Waals surface area contributed by atoms with Crippen LogP contribution in [-0.4, -0.2) is 19.6 Å². The number of rotatable bonds is 6. The van der Waals surface area contributed by atoms with E-state index in [1.54, 1.807) is 0 Å². The molecular weight excluding hydrogens is 347 g/mol. The van der Waals surface area contributed by atoms with Crippen molar-refractivity contribution < 1.29 is 4.39 Å². The molecule has 1 aromatic rings. The maximum absolute atomic E-state index is 14.6. The highest BCUT2D eigenvalue weighted by Crippen LogP contribution is 2.45. The van der Waals surface area contributed by atoms with Crippen molar-refractivity contribution in [2.24, 2.45) is 17.8 Å². The van der Waals surface area contributed by atoms with Crippen LogP contribution < -0.4 is 10.6 Å². The number of hydrogen-bond donors (Lipinski definition) is 2. The molecular formula is C22H30ClFN2. The Hall–Kier alpha value is -1.32. The largest absolute Gasteiger partial charge is 0.379 e. The summed E-state index contributed by atoms with van der Waals surface area (Å²) in [5, 5.41) is 7.32. The summed E-state index contributed by atoms with van der Waals surface area (Å²) in [7, 11) is 2.00. The summed E-state index contributed by atoms with van der Waals surface area (Å²) < 4.78 is 14.6. The van der Waals surface area contributed by atoms with Gasteiger partial charge in [-0.1, -0.05) is 49.8 Å². The van der Waals surface area contributed by atoms with E-state index in [9.17, 15) is 4.39 Å². The van der Waals surface area contributed by atoms with Gasteiger partial charge in [0.15, 0.2) is 0 Å². The molecule has 0 aromatic heterocycles. The van der Waals surface area contributed by atoms with Gasteiger partial charge in [-0.15, -0.1) is 0 Å². The van der Waals surface area contributed by atoms with Crippen LogP contribution in [-0.2, 0) is 0 Å². The van der Waals surface area contributed by atoms with Crippen molar-refractivity contribution in [3.8, 4) is 0 Å². The lowest BCUT2D eigenvalue weighted by molar-refractivity contribution is 0.275. The Kier molecular flexibility index (Phi) is 6.42. The summed E-state index contributed by atoms with van der Waals surface area (Å²) in [6, 6.07) is 3.61. The number of fused-ring (bicyclic) bond motifs is 1. The molecule has 142 valence electrons. The van der Waals surface area contributed by atoms with Crippen molar-refractivity contribution in [3.05, 3.63) is 52.8 Å². The Balaban J connectivity index is 1.88. The third-order valence-electron chi connectivity index (χ3n) is 6.01. The second-order valence-corrected chi connectivity index (χ2v) is 8.36. The van der Waals surface area contributed by atoms with E-state index < -0.39 is 0 Å². The minimum absolute atomic E-state index is 0.235. The molecule has 1 heterocycles. The zero-order chi connectivity index (χ0) is 18.7. The molecule has 1 aliphatic carbocycles. The van der Waals surface area contributed by atoms with Crippen LogP contribution in [0.2, 0.25) is 5.02 Å². The first-order valence-corrected chi connectivity index (χ1v) is 10.1. The standard InChI is InChI=1S/C22H30ClFN2/c1-14(13-25-3)9-10-18-15(2)19-11-17(23)12-20(24)22(19)26-21(18)16-7-5-4-6-8-16/h4-7,11-12,14-16,18,21,25-26H,8-10,13H2,1-3H3/t14-,15?,16?,18-,21+/m1/s1. The van der Waals surface area contributed by atoms with Gasteiger partial charge in [-0.2, -0.15) is 0 Å². The van der Waals surface area contributed by atoms with E-state index in [-0.39, 0.29) is 17.8 Å². The highest BCUT2D eigenvalue weighted by atomic mass is 35.5. The van der Waals surface area contributed by atoms with Crippen LogP contribution in [0, 0.1) is 23.6 Å². The van der Waals surface area contributed by atoms with Gasteiger partial charge in [0, 0.05) is 17.0 Å². The summed E-state index contributed by atoms with van der Waals surface area (Å²) in [5.74, 6) is 1.54. The summed E-state index contributed by atoms with van der Waals surface area (Å²) in [5.41, 5.74) is 1.67. The van der Waals surface area contributed by atoms with Gasteiger partial charge in [0.1, 0.15) is 5.82 Å².